The van der Waals surface area contributed by atoms with E-state index in [9.17, 15) is 4.79 Å². The van der Waals surface area contributed by atoms with Crippen LogP contribution in [0.15, 0.2) is 16.7 Å². The molecule has 6 heteroatoms. The second-order valence-corrected chi connectivity index (χ2v) is 3.45. The highest BCUT2D eigenvalue weighted by molar-refractivity contribution is 5.78. The summed E-state index contributed by atoms with van der Waals surface area (Å²) in [6.07, 6.45) is 1.46. The highest BCUT2D eigenvalue weighted by Gasteiger charge is 2.19. The summed E-state index contributed by atoms with van der Waals surface area (Å²) in [5.74, 6) is -1.22. The fraction of sp³-hybridized carbons (Fsp3) is 0.300. The number of aliphatic carboxylic acids is 1. The lowest BCUT2D eigenvalue weighted by molar-refractivity contribution is -0.138. The van der Waals surface area contributed by atoms with Gasteiger partial charge in [0.1, 0.15) is 5.52 Å². The summed E-state index contributed by atoms with van der Waals surface area (Å²) in [6, 6.07) is 1.64. The number of nitrogens with two attached hydrogens (primary N) is 1. The van der Waals surface area contributed by atoms with E-state index in [1.54, 1.807) is 13.0 Å². The molecular weight excluding hydrogens is 210 g/mol. The van der Waals surface area contributed by atoms with Gasteiger partial charge in [0.2, 0.25) is 5.71 Å². The van der Waals surface area contributed by atoms with E-state index in [2.05, 4.69) is 9.97 Å². The molecule has 0 aliphatic rings. The number of aryl methyl sites for hydroxylation is 1. The Kier molecular flexibility index (Phi) is 2.57. The fourth-order valence-electron chi connectivity index (χ4n) is 1.52. The van der Waals surface area contributed by atoms with Crippen molar-refractivity contribution in [2.45, 2.75) is 12.8 Å². The number of rotatable bonds is 3. The minimum Gasteiger partial charge on any atom is -0.481 e. The molecule has 0 saturated carbocycles. The number of nitrogens with zero attached hydrogens (tertiary/aromatic N) is 2. The largest absolute Gasteiger partial charge is 0.481 e. The molecule has 3 N–H and O–H groups in total. The molecule has 0 amide bonds. The van der Waals surface area contributed by atoms with Crippen LogP contribution in [0.4, 0.5) is 0 Å². The van der Waals surface area contributed by atoms with Crippen LogP contribution in [-0.2, 0) is 4.79 Å². The van der Waals surface area contributed by atoms with Crippen LogP contribution in [0, 0.1) is 6.92 Å². The Balaban J connectivity index is 2.48. The standard InChI is InChI=1S/C10H11N3O3/c1-5-13-8-2-6(4-12-9(8)16-5)7(3-11)10(14)15/h2,4,7H,3,11H2,1H3,(H,14,15). The predicted octanol–water partition coefficient (Wildman–Crippen LogP) is 0.658. The first-order valence-corrected chi connectivity index (χ1v) is 4.77. The van der Waals surface area contributed by atoms with E-state index in [4.69, 9.17) is 15.3 Å². The van der Waals surface area contributed by atoms with Gasteiger partial charge in [-0.05, 0) is 11.6 Å². The molecule has 6 nitrogen and oxygen atoms in total. The summed E-state index contributed by atoms with van der Waals surface area (Å²) in [5.41, 5.74) is 6.90. The lowest BCUT2D eigenvalue weighted by Gasteiger charge is -2.08. The molecule has 0 aromatic carbocycles. The Hall–Kier alpha value is -1.95. The van der Waals surface area contributed by atoms with Gasteiger partial charge in [0.25, 0.3) is 0 Å². The van der Waals surface area contributed by atoms with Gasteiger partial charge >= 0.3 is 5.97 Å². The minimum atomic E-state index is -0.969. The maximum absolute atomic E-state index is 10.9. The lowest BCUT2D eigenvalue weighted by Crippen LogP contribution is -2.21. The first kappa shape index (κ1) is 10.6. The van der Waals surface area contributed by atoms with Crippen LogP contribution in [0.1, 0.15) is 17.4 Å². The second-order valence-electron chi connectivity index (χ2n) is 3.45. The molecule has 16 heavy (non-hydrogen) atoms. The van der Waals surface area contributed by atoms with Crippen molar-refractivity contribution in [3.8, 4) is 0 Å². The van der Waals surface area contributed by atoms with Crippen molar-refractivity contribution in [3.05, 3.63) is 23.7 Å². The van der Waals surface area contributed by atoms with Gasteiger partial charge in [-0.1, -0.05) is 0 Å². The smallest absolute Gasteiger partial charge is 0.312 e. The van der Waals surface area contributed by atoms with E-state index in [-0.39, 0.29) is 6.54 Å². The Morgan fingerprint density at radius 2 is 2.44 bits per heavy atom. The zero-order valence-corrected chi connectivity index (χ0v) is 8.67. The Morgan fingerprint density at radius 1 is 1.69 bits per heavy atom. The van der Waals surface area contributed by atoms with Crippen LogP contribution >= 0.6 is 0 Å². The molecule has 84 valence electrons. The minimum absolute atomic E-state index is 0.0271. The zero-order chi connectivity index (χ0) is 11.7. The molecule has 0 aliphatic carbocycles. The van der Waals surface area contributed by atoms with Crippen molar-refractivity contribution in [2.24, 2.45) is 5.73 Å². The number of aromatic nitrogens is 2. The summed E-state index contributed by atoms with van der Waals surface area (Å²) in [5, 5.41) is 8.95. The van der Waals surface area contributed by atoms with Gasteiger partial charge in [0.05, 0.1) is 5.92 Å². The molecule has 0 aliphatic heterocycles. The molecule has 2 aromatic heterocycles. The van der Waals surface area contributed by atoms with Crippen molar-refractivity contribution in [1.82, 2.24) is 9.97 Å². The van der Waals surface area contributed by atoms with E-state index in [0.717, 1.165) is 0 Å². The van der Waals surface area contributed by atoms with E-state index in [1.165, 1.54) is 6.20 Å². The molecule has 0 spiro atoms. The van der Waals surface area contributed by atoms with E-state index < -0.39 is 11.9 Å². The highest BCUT2D eigenvalue weighted by atomic mass is 16.4. The number of hydrogen-bond acceptors (Lipinski definition) is 5. The normalized spacial score (nSPS) is 12.9. The predicted molar refractivity (Wildman–Crippen MR) is 56.0 cm³/mol. The number of oxazole rings is 1. The molecule has 0 saturated heterocycles. The number of carboxylic acid groups (broad SMARTS) is 1. The summed E-state index contributed by atoms with van der Waals surface area (Å²) in [6.45, 7) is 1.73. The SMILES string of the molecule is Cc1nc2cc(C(CN)C(=O)O)cnc2o1. The van der Waals surface area contributed by atoms with Crippen LogP contribution in [0.3, 0.4) is 0 Å². The molecular formula is C10H11N3O3. The van der Waals surface area contributed by atoms with Crippen LogP contribution in [0.5, 0.6) is 0 Å². The van der Waals surface area contributed by atoms with Crippen LogP contribution in [0.25, 0.3) is 11.2 Å². The maximum Gasteiger partial charge on any atom is 0.312 e. The molecule has 0 bridgehead atoms. The van der Waals surface area contributed by atoms with Crippen molar-refractivity contribution in [2.75, 3.05) is 6.54 Å². The molecule has 2 rings (SSSR count). The Morgan fingerprint density at radius 3 is 3.06 bits per heavy atom. The van der Waals surface area contributed by atoms with Gasteiger partial charge in [-0.2, -0.15) is 0 Å². The molecule has 2 heterocycles. The van der Waals surface area contributed by atoms with Crippen LogP contribution in [0.2, 0.25) is 0 Å². The molecule has 1 atom stereocenters. The molecule has 0 fully saturated rings. The van der Waals surface area contributed by atoms with Crippen molar-refractivity contribution >= 4 is 17.2 Å². The van der Waals surface area contributed by atoms with Gasteiger partial charge in [-0.25, -0.2) is 9.97 Å². The first-order chi connectivity index (χ1) is 7.61. The van der Waals surface area contributed by atoms with Crippen LogP contribution < -0.4 is 5.73 Å². The fourth-order valence-corrected chi connectivity index (χ4v) is 1.52. The third-order valence-electron chi connectivity index (χ3n) is 2.31. The number of hydrogen-bond donors (Lipinski definition) is 2. The van der Waals surface area contributed by atoms with E-state index in [1.807, 2.05) is 0 Å². The number of carboxylic acids is 1. The lowest BCUT2D eigenvalue weighted by atomic mass is 10.0. The molecule has 2 aromatic rings. The number of pyridine rings is 1. The maximum atomic E-state index is 10.9. The summed E-state index contributed by atoms with van der Waals surface area (Å²) < 4.78 is 5.20. The van der Waals surface area contributed by atoms with E-state index in [0.29, 0.717) is 22.7 Å². The second kappa shape index (κ2) is 3.90. The zero-order valence-electron chi connectivity index (χ0n) is 8.67. The number of carbonyl (C=O) groups is 1. The summed E-state index contributed by atoms with van der Waals surface area (Å²) in [7, 11) is 0. The third kappa shape index (κ3) is 1.74. The van der Waals surface area contributed by atoms with Crippen molar-refractivity contribution in [1.29, 1.82) is 0 Å². The molecule has 0 radical (unpaired) electrons. The highest BCUT2D eigenvalue weighted by Crippen LogP contribution is 2.19. The first-order valence-electron chi connectivity index (χ1n) is 4.77. The van der Waals surface area contributed by atoms with Crippen LogP contribution in [-0.4, -0.2) is 27.6 Å². The average molecular weight is 221 g/mol. The van der Waals surface area contributed by atoms with Gasteiger partial charge in [-0.3, -0.25) is 4.79 Å². The van der Waals surface area contributed by atoms with Crippen molar-refractivity contribution < 1.29 is 14.3 Å². The van der Waals surface area contributed by atoms with Gasteiger partial charge < -0.3 is 15.3 Å². The number of fused-ring (bicyclic) bond motifs is 1. The third-order valence-corrected chi connectivity index (χ3v) is 2.31. The topological polar surface area (TPSA) is 102 Å². The summed E-state index contributed by atoms with van der Waals surface area (Å²) >= 11 is 0. The summed E-state index contributed by atoms with van der Waals surface area (Å²) in [4.78, 5) is 19.0. The Bertz CT molecular complexity index is 535. The quantitative estimate of drug-likeness (QED) is 0.789. The molecule has 1 unspecified atom stereocenters. The van der Waals surface area contributed by atoms with Gasteiger partial charge in [0.15, 0.2) is 5.89 Å². The van der Waals surface area contributed by atoms with Gasteiger partial charge in [-0.15, -0.1) is 0 Å². The van der Waals surface area contributed by atoms with Crippen molar-refractivity contribution in [3.63, 3.8) is 0 Å². The monoisotopic (exact) mass is 221 g/mol. The van der Waals surface area contributed by atoms with Gasteiger partial charge in [0, 0.05) is 19.7 Å². The average Bonchev–Trinajstić information content (AvgIpc) is 2.57. The van der Waals surface area contributed by atoms with E-state index >= 15 is 0 Å². The Labute approximate surface area is 91.1 Å².